The Morgan fingerprint density at radius 1 is 1.67 bits per heavy atom. The molecule has 0 unspecified atom stereocenters. The number of ether oxygens (including phenoxy) is 1. The second-order valence-electron chi connectivity index (χ2n) is 2.76. The van der Waals surface area contributed by atoms with E-state index < -0.39 is 0 Å². The number of hydrogen-bond donors (Lipinski definition) is 1. The van der Waals surface area contributed by atoms with Crippen LogP contribution in [0.15, 0.2) is 18.2 Å². The smallest absolute Gasteiger partial charge is 0.244 e. The van der Waals surface area contributed by atoms with Crippen molar-refractivity contribution in [2.45, 2.75) is 0 Å². The Balaban J connectivity index is 2.34. The molecular formula is C10H12ClNO2S. The van der Waals surface area contributed by atoms with E-state index in [4.69, 9.17) is 16.3 Å². The molecule has 1 N–H and O–H groups in total. The van der Waals surface area contributed by atoms with Crippen molar-refractivity contribution in [1.29, 1.82) is 0 Å². The number of carbonyl (C=O) groups excluding carboxylic acids is 1. The number of methoxy groups -OCH3 is 1. The number of amides is 1. The van der Waals surface area contributed by atoms with Gasteiger partial charge in [-0.1, -0.05) is 11.6 Å². The van der Waals surface area contributed by atoms with Crippen LogP contribution >= 0.6 is 22.9 Å². The van der Waals surface area contributed by atoms with Crippen molar-refractivity contribution in [2.75, 3.05) is 20.3 Å². The van der Waals surface area contributed by atoms with E-state index in [1.807, 2.05) is 6.07 Å². The van der Waals surface area contributed by atoms with Crippen LogP contribution in [0.3, 0.4) is 0 Å². The Bertz CT molecular complexity index is 349. The van der Waals surface area contributed by atoms with Gasteiger partial charge < -0.3 is 10.1 Å². The predicted octanol–water partition coefficient (Wildman–Crippen LogP) is 2.18. The number of halogens is 1. The summed E-state index contributed by atoms with van der Waals surface area (Å²) in [5, 5.41) is 2.68. The monoisotopic (exact) mass is 245 g/mol. The lowest BCUT2D eigenvalue weighted by molar-refractivity contribution is -0.116. The Morgan fingerprint density at radius 3 is 3.07 bits per heavy atom. The molecule has 0 spiro atoms. The summed E-state index contributed by atoms with van der Waals surface area (Å²) in [7, 11) is 1.59. The minimum atomic E-state index is -0.128. The van der Waals surface area contributed by atoms with Crippen molar-refractivity contribution in [2.24, 2.45) is 0 Å². The molecule has 0 aliphatic rings. The standard InChI is InChI=1S/C10H12ClNO2S/c1-14-7-6-12-10(13)5-3-8-2-4-9(11)15-8/h2-5H,6-7H2,1H3,(H,12,13)/b5-3+. The molecule has 0 saturated carbocycles. The first-order valence-corrected chi connectivity index (χ1v) is 5.62. The molecule has 1 aromatic rings. The minimum absolute atomic E-state index is 0.128. The fourth-order valence-electron chi connectivity index (χ4n) is 0.911. The summed E-state index contributed by atoms with van der Waals surface area (Å²) in [6, 6.07) is 3.67. The van der Waals surface area contributed by atoms with E-state index in [0.717, 1.165) is 9.21 Å². The molecule has 1 amide bonds. The number of thiophene rings is 1. The van der Waals surface area contributed by atoms with Crippen LogP contribution < -0.4 is 5.32 Å². The fraction of sp³-hybridized carbons (Fsp3) is 0.300. The SMILES string of the molecule is COCCNC(=O)/C=C/c1ccc(Cl)s1. The average Bonchev–Trinajstić information content (AvgIpc) is 2.62. The number of hydrogen-bond acceptors (Lipinski definition) is 3. The fourth-order valence-corrected chi connectivity index (χ4v) is 1.87. The van der Waals surface area contributed by atoms with Gasteiger partial charge in [0.1, 0.15) is 0 Å². The van der Waals surface area contributed by atoms with Gasteiger partial charge in [-0.3, -0.25) is 4.79 Å². The molecule has 0 fully saturated rings. The zero-order chi connectivity index (χ0) is 11.1. The van der Waals surface area contributed by atoms with E-state index in [0.29, 0.717) is 13.2 Å². The molecule has 5 heteroatoms. The summed E-state index contributed by atoms with van der Waals surface area (Å²) >= 11 is 7.18. The van der Waals surface area contributed by atoms with Gasteiger partial charge in [0, 0.05) is 24.6 Å². The predicted molar refractivity (Wildman–Crippen MR) is 63.2 cm³/mol. The molecule has 3 nitrogen and oxygen atoms in total. The maximum Gasteiger partial charge on any atom is 0.244 e. The average molecular weight is 246 g/mol. The summed E-state index contributed by atoms with van der Waals surface area (Å²) in [6.07, 6.45) is 3.22. The van der Waals surface area contributed by atoms with E-state index in [2.05, 4.69) is 5.32 Å². The normalized spacial score (nSPS) is 10.8. The lowest BCUT2D eigenvalue weighted by Crippen LogP contribution is -2.24. The van der Waals surface area contributed by atoms with E-state index >= 15 is 0 Å². The second-order valence-corrected chi connectivity index (χ2v) is 4.51. The van der Waals surface area contributed by atoms with E-state index in [1.54, 1.807) is 19.3 Å². The van der Waals surface area contributed by atoms with Crippen molar-refractivity contribution in [3.8, 4) is 0 Å². The molecule has 1 rings (SSSR count). The quantitative estimate of drug-likeness (QED) is 0.638. The van der Waals surface area contributed by atoms with Crippen molar-refractivity contribution < 1.29 is 9.53 Å². The minimum Gasteiger partial charge on any atom is -0.383 e. The van der Waals surface area contributed by atoms with E-state index in [9.17, 15) is 4.79 Å². The number of rotatable bonds is 5. The molecular weight excluding hydrogens is 234 g/mol. The third-order valence-electron chi connectivity index (χ3n) is 1.60. The summed E-state index contributed by atoms with van der Waals surface area (Å²) in [6.45, 7) is 1.04. The molecule has 0 saturated heterocycles. The molecule has 82 valence electrons. The number of nitrogens with one attached hydrogen (secondary N) is 1. The lowest BCUT2D eigenvalue weighted by Gasteiger charge is -1.99. The Hall–Kier alpha value is -0.840. The van der Waals surface area contributed by atoms with Crippen molar-refractivity contribution in [3.63, 3.8) is 0 Å². The van der Waals surface area contributed by atoms with Gasteiger partial charge in [0.15, 0.2) is 0 Å². The molecule has 1 aromatic heterocycles. The van der Waals surface area contributed by atoms with Gasteiger partial charge in [-0.05, 0) is 18.2 Å². The zero-order valence-corrected chi connectivity index (χ0v) is 9.90. The van der Waals surface area contributed by atoms with Crippen LogP contribution in [-0.2, 0) is 9.53 Å². The van der Waals surface area contributed by atoms with Gasteiger partial charge in [-0.25, -0.2) is 0 Å². The summed E-state index contributed by atoms with van der Waals surface area (Å²) < 4.78 is 5.52. The summed E-state index contributed by atoms with van der Waals surface area (Å²) in [4.78, 5) is 12.2. The Morgan fingerprint density at radius 2 is 2.47 bits per heavy atom. The third-order valence-corrected chi connectivity index (χ3v) is 2.79. The first-order valence-electron chi connectivity index (χ1n) is 4.42. The summed E-state index contributed by atoms with van der Waals surface area (Å²) in [5.41, 5.74) is 0. The highest BCUT2D eigenvalue weighted by Gasteiger charge is 1.96. The van der Waals surface area contributed by atoms with E-state index in [-0.39, 0.29) is 5.91 Å². The van der Waals surface area contributed by atoms with Crippen LogP contribution in [0.2, 0.25) is 4.34 Å². The van der Waals surface area contributed by atoms with Crippen LogP contribution in [0.1, 0.15) is 4.88 Å². The van der Waals surface area contributed by atoms with Crippen molar-refractivity contribution in [1.82, 2.24) is 5.32 Å². The maximum absolute atomic E-state index is 11.2. The van der Waals surface area contributed by atoms with Gasteiger partial charge in [0.2, 0.25) is 5.91 Å². The van der Waals surface area contributed by atoms with Crippen molar-refractivity contribution in [3.05, 3.63) is 27.4 Å². The van der Waals surface area contributed by atoms with Crippen LogP contribution in [0.25, 0.3) is 6.08 Å². The van der Waals surface area contributed by atoms with Crippen molar-refractivity contribution >= 4 is 34.9 Å². The third kappa shape index (κ3) is 4.97. The summed E-state index contributed by atoms with van der Waals surface area (Å²) in [5.74, 6) is -0.128. The molecule has 0 bridgehead atoms. The largest absolute Gasteiger partial charge is 0.383 e. The highest BCUT2D eigenvalue weighted by molar-refractivity contribution is 7.17. The van der Waals surface area contributed by atoms with Gasteiger partial charge in [-0.15, -0.1) is 11.3 Å². The number of carbonyl (C=O) groups is 1. The first-order chi connectivity index (χ1) is 7.22. The molecule has 1 heterocycles. The molecule has 0 radical (unpaired) electrons. The molecule has 0 aliphatic heterocycles. The van der Waals surface area contributed by atoms with E-state index in [1.165, 1.54) is 17.4 Å². The zero-order valence-electron chi connectivity index (χ0n) is 8.33. The topological polar surface area (TPSA) is 38.3 Å². The van der Waals surface area contributed by atoms with Gasteiger partial charge >= 0.3 is 0 Å². The Labute approximate surface area is 97.7 Å². The van der Waals surface area contributed by atoms with Crippen LogP contribution in [0.4, 0.5) is 0 Å². The van der Waals surface area contributed by atoms with Crippen LogP contribution in [0, 0.1) is 0 Å². The van der Waals surface area contributed by atoms with Gasteiger partial charge in [-0.2, -0.15) is 0 Å². The maximum atomic E-state index is 11.2. The molecule has 0 atom stereocenters. The van der Waals surface area contributed by atoms with Gasteiger partial charge in [0.05, 0.1) is 10.9 Å². The first kappa shape index (κ1) is 12.2. The van der Waals surface area contributed by atoms with Crippen LogP contribution in [0.5, 0.6) is 0 Å². The molecule has 0 aliphatic carbocycles. The Kier molecular flexibility index (Phi) is 5.39. The second kappa shape index (κ2) is 6.61. The van der Waals surface area contributed by atoms with Gasteiger partial charge in [0.25, 0.3) is 0 Å². The highest BCUT2D eigenvalue weighted by Crippen LogP contribution is 2.22. The molecule has 15 heavy (non-hydrogen) atoms. The highest BCUT2D eigenvalue weighted by atomic mass is 35.5. The van der Waals surface area contributed by atoms with Crippen LogP contribution in [-0.4, -0.2) is 26.2 Å². The molecule has 0 aromatic carbocycles. The lowest BCUT2D eigenvalue weighted by atomic mass is 10.4.